The highest BCUT2D eigenvalue weighted by atomic mass is 16.3. The highest BCUT2D eigenvalue weighted by Crippen LogP contribution is 2.51. The van der Waals surface area contributed by atoms with Gasteiger partial charge < -0.3 is 18.6 Å². The fourth-order valence-electron chi connectivity index (χ4n) is 11.8. The molecule has 0 aliphatic heterocycles. The van der Waals surface area contributed by atoms with Crippen molar-refractivity contribution < 1.29 is 8.83 Å². The fourth-order valence-corrected chi connectivity index (χ4v) is 11.8. The number of nitrogens with zero attached hydrogens (tertiary/aromatic N) is 2. The van der Waals surface area contributed by atoms with Crippen molar-refractivity contribution in [3.63, 3.8) is 0 Å². The molecule has 4 nitrogen and oxygen atoms in total. The standard InChI is InChI=1S/C70H52N2O2/c1-43(2)53-19-11-21-55-57-23-13-25-63(69(57)73-67(53)55)71(51-35-27-47(28-36-51)45-15-7-5-8-16-45)61-41-33-49-32-40-60-62(42-34-50-31-39-59(61)65(49)66(50)60)72(52-37-29-48(30-38-52)46-17-9-6-10-18-46)64-26-14-24-58-56-22-12-20-54(44(3)4)68(56)74-70(58)64/h5-44H,1-4H3. The molecule has 0 N–H and O–H groups in total. The zero-order chi connectivity index (χ0) is 49.6. The van der Waals surface area contributed by atoms with Crippen LogP contribution < -0.4 is 9.80 Å². The van der Waals surface area contributed by atoms with Crippen LogP contribution in [0.2, 0.25) is 0 Å². The van der Waals surface area contributed by atoms with E-state index in [2.05, 4.69) is 268 Å². The Morgan fingerprint density at radius 1 is 0.270 bits per heavy atom. The van der Waals surface area contributed by atoms with E-state index in [1.54, 1.807) is 0 Å². The third-order valence-corrected chi connectivity index (χ3v) is 15.4. The molecule has 0 saturated carbocycles. The van der Waals surface area contributed by atoms with Gasteiger partial charge in [0.25, 0.3) is 0 Å². The minimum Gasteiger partial charge on any atom is -0.454 e. The molecule has 0 bridgehead atoms. The van der Waals surface area contributed by atoms with Crippen LogP contribution in [0.15, 0.2) is 239 Å². The van der Waals surface area contributed by atoms with Crippen molar-refractivity contribution in [1.29, 1.82) is 0 Å². The molecule has 0 atom stereocenters. The van der Waals surface area contributed by atoms with Crippen molar-refractivity contribution in [1.82, 2.24) is 0 Å². The van der Waals surface area contributed by atoms with E-state index in [0.717, 1.165) is 88.8 Å². The highest BCUT2D eigenvalue weighted by Gasteiger charge is 2.27. The summed E-state index contributed by atoms with van der Waals surface area (Å²) in [6.07, 6.45) is 0. The summed E-state index contributed by atoms with van der Waals surface area (Å²) in [6, 6.07) is 83.9. The largest absolute Gasteiger partial charge is 0.454 e. The van der Waals surface area contributed by atoms with Gasteiger partial charge in [0.2, 0.25) is 0 Å². The monoisotopic (exact) mass is 952 g/mol. The van der Waals surface area contributed by atoms with Crippen LogP contribution in [0, 0.1) is 0 Å². The number of anilines is 6. The quantitative estimate of drug-likeness (QED) is 0.128. The number of hydrogen-bond donors (Lipinski definition) is 0. The van der Waals surface area contributed by atoms with Crippen molar-refractivity contribution in [3.8, 4) is 22.3 Å². The van der Waals surface area contributed by atoms with Crippen LogP contribution in [-0.4, -0.2) is 0 Å². The first-order chi connectivity index (χ1) is 36.4. The molecule has 12 aromatic carbocycles. The molecular weight excluding hydrogens is 901 g/mol. The molecule has 14 rings (SSSR count). The molecule has 14 aromatic rings. The topological polar surface area (TPSA) is 32.8 Å². The lowest BCUT2D eigenvalue weighted by atomic mass is 9.91. The number of para-hydroxylation sites is 4. The van der Waals surface area contributed by atoms with Gasteiger partial charge in [0.1, 0.15) is 11.2 Å². The summed E-state index contributed by atoms with van der Waals surface area (Å²) in [5.74, 6) is 0.612. The van der Waals surface area contributed by atoms with E-state index in [0.29, 0.717) is 11.8 Å². The second-order valence-electron chi connectivity index (χ2n) is 20.4. The van der Waals surface area contributed by atoms with Gasteiger partial charge in [-0.1, -0.05) is 210 Å². The average Bonchev–Trinajstić information content (AvgIpc) is 4.04. The molecule has 0 amide bonds. The summed E-state index contributed by atoms with van der Waals surface area (Å²) >= 11 is 0. The van der Waals surface area contributed by atoms with E-state index in [4.69, 9.17) is 8.83 Å². The first-order valence-corrected chi connectivity index (χ1v) is 25.9. The van der Waals surface area contributed by atoms with Gasteiger partial charge >= 0.3 is 0 Å². The SMILES string of the molecule is CC(C)c1cccc2c1oc1c(N(c3ccc(-c4ccccc4)cc3)c3ccc4ccc5c(N(c6ccc(-c7ccccc7)cc6)c6cccc7c6oc6c(C(C)C)cccc67)ccc6ccc3c4c65)cccc12. The van der Waals surface area contributed by atoms with Crippen molar-refractivity contribution >= 4 is 110 Å². The Balaban J connectivity index is 1.01. The van der Waals surface area contributed by atoms with Crippen LogP contribution in [0.5, 0.6) is 0 Å². The van der Waals surface area contributed by atoms with E-state index in [-0.39, 0.29) is 0 Å². The fraction of sp³-hybridized carbons (Fsp3) is 0.0857. The average molecular weight is 953 g/mol. The number of furan rings is 2. The molecular formula is C70H52N2O2. The molecule has 0 unspecified atom stereocenters. The molecule has 74 heavy (non-hydrogen) atoms. The first kappa shape index (κ1) is 43.7. The lowest BCUT2D eigenvalue weighted by Gasteiger charge is -2.29. The molecule has 0 saturated heterocycles. The van der Waals surface area contributed by atoms with Gasteiger partial charge in [-0.05, 0) is 115 Å². The number of benzene rings is 12. The van der Waals surface area contributed by atoms with E-state index < -0.39 is 0 Å². The predicted molar refractivity (Wildman–Crippen MR) is 313 cm³/mol. The van der Waals surface area contributed by atoms with Crippen molar-refractivity contribution in [2.45, 2.75) is 39.5 Å². The maximum Gasteiger partial charge on any atom is 0.159 e. The molecule has 0 aliphatic rings. The van der Waals surface area contributed by atoms with Crippen molar-refractivity contribution in [3.05, 3.63) is 242 Å². The summed E-state index contributed by atoms with van der Waals surface area (Å²) < 4.78 is 14.2. The molecule has 0 spiro atoms. The predicted octanol–water partition coefficient (Wildman–Crippen LogP) is 20.9. The third kappa shape index (κ3) is 6.89. The molecule has 4 heteroatoms. The van der Waals surface area contributed by atoms with Crippen LogP contribution in [0.25, 0.3) is 98.4 Å². The van der Waals surface area contributed by atoms with Gasteiger partial charge in [-0.25, -0.2) is 0 Å². The number of rotatable bonds is 10. The Kier molecular flexibility index (Phi) is 10.2. The van der Waals surface area contributed by atoms with E-state index >= 15 is 0 Å². The third-order valence-electron chi connectivity index (χ3n) is 15.4. The Labute approximate surface area is 430 Å². The van der Waals surface area contributed by atoms with Gasteiger partial charge in [0.15, 0.2) is 11.2 Å². The Hall–Kier alpha value is -9.12. The van der Waals surface area contributed by atoms with Crippen LogP contribution in [0.4, 0.5) is 34.1 Å². The van der Waals surface area contributed by atoms with Gasteiger partial charge in [0.05, 0.1) is 22.7 Å². The van der Waals surface area contributed by atoms with E-state index in [1.165, 1.54) is 54.9 Å². The smallest absolute Gasteiger partial charge is 0.159 e. The Morgan fingerprint density at radius 2 is 0.622 bits per heavy atom. The number of hydrogen-bond acceptors (Lipinski definition) is 4. The lowest BCUT2D eigenvalue weighted by molar-refractivity contribution is 0.657. The molecule has 0 fully saturated rings. The van der Waals surface area contributed by atoms with Crippen LogP contribution >= 0.6 is 0 Å². The first-order valence-electron chi connectivity index (χ1n) is 25.9. The molecule has 2 aromatic heterocycles. The van der Waals surface area contributed by atoms with Crippen molar-refractivity contribution in [2.75, 3.05) is 9.80 Å². The summed E-state index contributed by atoms with van der Waals surface area (Å²) in [5.41, 5.74) is 17.0. The Morgan fingerprint density at radius 3 is 1.01 bits per heavy atom. The van der Waals surface area contributed by atoms with E-state index in [1.807, 2.05) is 0 Å². The molecule has 0 aliphatic carbocycles. The van der Waals surface area contributed by atoms with Crippen molar-refractivity contribution in [2.24, 2.45) is 0 Å². The summed E-state index contributed by atoms with van der Waals surface area (Å²) in [4.78, 5) is 4.82. The van der Waals surface area contributed by atoms with Crippen LogP contribution in [0.1, 0.15) is 50.7 Å². The molecule has 2 heterocycles. The second kappa shape index (κ2) is 17.3. The highest BCUT2D eigenvalue weighted by molar-refractivity contribution is 6.29. The normalized spacial score (nSPS) is 12.0. The molecule has 0 radical (unpaired) electrons. The lowest BCUT2D eigenvalue weighted by Crippen LogP contribution is -2.12. The minimum absolute atomic E-state index is 0.306. The Bertz CT molecular complexity index is 4130. The second-order valence-corrected chi connectivity index (χ2v) is 20.4. The van der Waals surface area contributed by atoms with Gasteiger partial charge in [-0.2, -0.15) is 0 Å². The van der Waals surface area contributed by atoms with Crippen LogP contribution in [-0.2, 0) is 0 Å². The van der Waals surface area contributed by atoms with Crippen LogP contribution in [0.3, 0.4) is 0 Å². The zero-order valence-corrected chi connectivity index (χ0v) is 41.8. The number of fused-ring (bicyclic) bond motifs is 6. The maximum absolute atomic E-state index is 7.09. The van der Waals surface area contributed by atoms with Gasteiger partial charge in [-0.15, -0.1) is 0 Å². The van der Waals surface area contributed by atoms with Gasteiger partial charge in [0, 0.05) is 43.7 Å². The summed E-state index contributed by atoms with van der Waals surface area (Å²) in [6.45, 7) is 8.95. The minimum atomic E-state index is 0.306. The van der Waals surface area contributed by atoms with Gasteiger partial charge in [-0.3, -0.25) is 0 Å². The maximum atomic E-state index is 7.09. The summed E-state index contributed by atoms with van der Waals surface area (Å²) in [7, 11) is 0. The zero-order valence-electron chi connectivity index (χ0n) is 41.8. The summed E-state index contributed by atoms with van der Waals surface area (Å²) in [5, 5.41) is 11.6. The molecule has 354 valence electrons. The van der Waals surface area contributed by atoms with E-state index in [9.17, 15) is 0 Å².